The molecule has 0 spiro atoms. The minimum atomic E-state index is 0. The highest BCUT2D eigenvalue weighted by Gasteiger charge is 2.38. The summed E-state index contributed by atoms with van der Waals surface area (Å²) in [6, 6.07) is 0.666. The molecule has 2 rings (SSSR count). The normalized spacial score (nSPS) is 31.4. The van der Waals surface area contributed by atoms with Crippen molar-refractivity contribution in [1.82, 2.24) is 10.6 Å². The number of rotatable bonds is 2. The predicted octanol–water partition coefficient (Wildman–Crippen LogP) is 2.49. The highest BCUT2D eigenvalue weighted by atomic mass is 35.5. The van der Waals surface area contributed by atoms with Crippen molar-refractivity contribution < 1.29 is 4.79 Å². The molecule has 0 radical (unpaired) electrons. The number of carbonyl (C=O) groups excluding carboxylic acids is 1. The molecule has 1 aliphatic carbocycles. The third kappa shape index (κ3) is 4.13. The van der Waals surface area contributed by atoms with Crippen LogP contribution in [-0.4, -0.2) is 24.5 Å². The lowest BCUT2D eigenvalue weighted by Crippen LogP contribution is -2.45. The molecule has 18 heavy (non-hydrogen) atoms. The molecular weight excluding hydrogens is 248 g/mol. The standard InChI is InChI=1S/C14H26N2O.ClH/c1-14(2,3)9-15-13(17)12-8-10-6-4-5-7-11(10)16-12;/h10-12,16H,4-9H2,1-3H3,(H,15,17);1H. The van der Waals surface area contributed by atoms with Crippen LogP contribution >= 0.6 is 12.4 Å². The van der Waals surface area contributed by atoms with Gasteiger partial charge in [0, 0.05) is 12.6 Å². The summed E-state index contributed by atoms with van der Waals surface area (Å²) in [5, 5.41) is 6.59. The third-order valence-electron chi connectivity index (χ3n) is 3.97. The Labute approximate surface area is 117 Å². The fourth-order valence-electron chi connectivity index (χ4n) is 3.00. The van der Waals surface area contributed by atoms with E-state index in [1.807, 2.05) is 0 Å². The monoisotopic (exact) mass is 274 g/mol. The number of amides is 1. The molecule has 4 heteroatoms. The van der Waals surface area contributed by atoms with Crippen molar-refractivity contribution in [2.75, 3.05) is 6.54 Å². The lowest BCUT2D eigenvalue weighted by atomic mass is 9.85. The summed E-state index contributed by atoms with van der Waals surface area (Å²) in [6.45, 7) is 7.21. The summed E-state index contributed by atoms with van der Waals surface area (Å²) < 4.78 is 0. The zero-order valence-electron chi connectivity index (χ0n) is 11.8. The van der Waals surface area contributed by atoms with Crippen LogP contribution in [0.1, 0.15) is 52.9 Å². The van der Waals surface area contributed by atoms with Crippen molar-refractivity contribution in [1.29, 1.82) is 0 Å². The zero-order chi connectivity index (χ0) is 12.5. The Balaban J connectivity index is 0.00000162. The van der Waals surface area contributed by atoms with Gasteiger partial charge < -0.3 is 10.6 Å². The van der Waals surface area contributed by atoms with Crippen molar-refractivity contribution in [2.45, 2.75) is 65.0 Å². The summed E-state index contributed by atoms with van der Waals surface area (Å²) >= 11 is 0. The zero-order valence-corrected chi connectivity index (χ0v) is 12.6. The molecule has 0 aromatic carbocycles. The first-order valence-corrected chi connectivity index (χ1v) is 6.99. The van der Waals surface area contributed by atoms with Gasteiger partial charge >= 0.3 is 0 Å². The number of hydrogen-bond acceptors (Lipinski definition) is 2. The van der Waals surface area contributed by atoms with Crippen molar-refractivity contribution in [3.63, 3.8) is 0 Å². The van der Waals surface area contributed by atoms with Gasteiger partial charge in [-0.3, -0.25) is 4.79 Å². The molecule has 3 unspecified atom stereocenters. The Hall–Kier alpha value is -0.280. The average Bonchev–Trinajstić information content (AvgIpc) is 2.68. The molecular formula is C14H27ClN2O. The van der Waals surface area contributed by atoms with Gasteiger partial charge in [0.2, 0.25) is 5.91 Å². The third-order valence-corrected chi connectivity index (χ3v) is 3.97. The smallest absolute Gasteiger partial charge is 0.237 e. The van der Waals surface area contributed by atoms with E-state index in [-0.39, 0.29) is 29.8 Å². The van der Waals surface area contributed by atoms with Gasteiger partial charge in [0.1, 0.15) is 0 Å². The summed E-state index contributed by atoms with van der Waals surface area (Å²) in [5.41, 5.74) is 0.168. The fourth-order valence-corrected chi connectivity index (χ4v) is 3.00. The molecule has 2 fully saturated rings. The summed E-state index contributed by atoms with van der Waals surface area (Å²) in [6.07, 6.45) is 6.28. The Morgan fingerprint density at radius 1 is 1.28 bits per heavy atom. The Morgan fingerprint density at radius 2 is 1.94 bits per heavy atom. The Kier molecular flexibility index (Phi) is 5.47. The molecule has 2 N–H and O–H groups in total. The van der Waals surface area contributed by atoms with Crippen LogP contribution < -0.4 is 10.6 Å². The van der Waals surface area contributed by atoms with E-state index in [4.69, 9.17) is 0 Å². The van der Waals surface area contributed by atoms with Crippen LogP contribution in [0.25, 0.3) is 0 Å². The topological polar surface area (TPSA) is 41.1 Å². The van der Waals surface area contributed by atoms with Gasteiger partial charge in [-0.15, -0.1) is 12.4 Å². The van der Waals surface area contributed by atoms with Crippen molar-refractivity contribution in [3.05, 3.63) is 0 Å². The Morgan fingerprint density at radius 3 is 2.56 bits per heavy atom. The fraction of sp³-hybridized carbons (Fsp3) is 0.929. The van der Waals surface area contributed by atoms with Crippen LogP contribution in [-0.2, 0) is 4.79 Å². The second-order valence-corrected chi connectivity index (χ2v) is 6.88. The van der Waals surface area contributed by atoms with Gasteiger partial charge in [-0.2, -0.15) is 0 Å². The van der Waals surface area contributed by atoms with Gasteiger partial charge in [-0.1, -0.05) is 33.6 Å². The number of hydrogen-bond donors (Lipinski definition) is 2. The number of nitrogens with one attached hydrogen (secondary N) is 2. The van der Waals surface area contributed by atoms with Gasteiger partial charge in [0.05, 0.1) is 6.04 Å². The molecule has 106 valence electrons. The number of carbonyl (C=O) groups is 1. The molecule has 1 saturated carbocycles. The number of halogens is 1. The maximum absolute atomic E-state index is 12.1. The van der Waals surface area contributed by atoms with Gasteiger partial charge in [0.15, 0.2) is 0 Å². The molecule has 0 bridgehead atoms. The lowest BCUT2D eigenvalue weighted by Gasteiger charge is -2.24. The Bertz CT molecular complexity index is 274. The van der Waals surface area contributed by atoms with Gasteiger partial charge in [-0.05, 0) is 30.6 Å². The van der Waals surface area contributed by atoms with E-state index in [0.717, 1.165) is 18.9 Å². The predicted molar refractivity (Wildman–Crippen MR) is 77.0 cm³/mol. The minimum absolute atomic E-state index is 0. The van der Waals surface area contributed by atoms with E-state index in [1.54, 1.807) is 0 Å². The first-order valence-electron chi connectivity index (χ1n) is 6.99. The molecule has 0 aromatic heterocycles. The first kappa shape index (κ1) is 15.8. The first-order chi connectivity index (χ1) is 7.96. The second kappa shape index (κ2) is 6.25. The summed E-state index contributed by atoms with van der Waals surface area (Å²) in [4.78, 5) is 12.1. The van der Waals surface area contributed by atoms with Crippen LogP contribution in [0.15, 0.2) is 0 Å². The molecule has 3 nitrogen and oxygen atoms in total. The molecule has 3 atom stereocenters. The molecule has 1 heterocycles. The van der Waals surface area contributed by atoms with Crippen molar-refractivity contribution in [3.8, 4) is 0 Å². The average molecular weight is 275 g/mol. The summed E-state index contributed by atoms with van der Waals surface area (Å²) in [5.74, 6) is 0.948. The number of fused-ring (bicyclic) bond motifs is 1. The van der Waals surface area contributed by atoms with Crippen LogP contribution in [0.5, 0.6) is 0 Å². The van der Waals surface area contributed by atoms with E-state index in [0.29, 0.717) is 6.04 Å². The molecule has 0 aromatic rings. The van der Waals surface area contributed by atoms with E-state index in [2.05, 4.69) is 31.4 Å². The maximum atomic E-state index is 12.1. The molecule has 1 saturated heterocycles. The highest BCUT2D eigenvalue weighted by Crippen LogP contribution is 2.33. The van der Waals surface area contributed by atoms with E-state index in [9.17, 15) is 4.79 Å². The van der Waals surface area contributed by atoms with Crippen molar-refractivity contribution >= 4 is 18.3 Å². The van der Waals surface area contributed by atoms with Crippen LogP contribution in [0, 0.1) is 11.3 Å². The molecule has 1 aliphatic heterocycles. The van der Waals surface area contributed by atoms with E-state index >= 15 is 0 Å². The second-order valence-electron chi connectivity index (χ2n) is 6.88. The SMILES string of the molecule is CC(C)(C)CNC(=O)C1CC2CCCCC2N1.Cl. The molecule has 2 aliphatic rings. The van der Waals surface area contributed by atoms with Crippen molar-refractivity contribution in [2.24, 2.45) is 11.3 Å². The summed E-state index contributed by atoms with van der Waals surface area (Å²) in [7, 11) is 0. The van der Waals surface area contributed by atoms with Crippen LogP contribution in [0.3, 0.4) is 0 Å². The maximum Gasteiger partial charge on any atom is 0.237 e. The van der Waals surface area contributed by atoms with Gasteiger partial charge in [-0.25, -0.2) is 0 Å². The van der Waals surface area contributed by atoms with E-state index < -0.39 is 0 Å². The lowest BCUT2D eigenvalue weighted by molar-refractivity contribution is -0.123. The van der Waals surface area contributed by atoms with Gasteiger partial charge in [0.25, 0.3) is 0 Å². The molecule has 1 amide bonds. The largest absolute Gasteiger partial charge is 0.354 e. The van der Waals surface area contributed by atoms with E-state index in [1.165, 1.54) is 25.7 Å². The van der Waals surface area contributed by atoms with Crippen LogP contribution in [0.4, 0.5) is 0 Å². The highest BCUT2D eigenvalue weighted by molar-refractivity contribution is 5.85. The quantitative estimate of drug-likeness (QED) is 0.812. The minimum Gasteiger partial charge on any atom is -0.354 e. The van der Waals surface area contributed by atoms with Crippen LogP contribution in [0.2, 0.25) is 0 Å².